The Labute approximate surface area is 196 Å². The molecule has 4 rings (SSSR count). The Morgan fingerprint density at radius 3 is 2.24 bits per heavy atom. The molecule has 0 aliphatic carbocycles. The molecular formula is C28H23NO3S. The number of para-hydroxylation sites is 2. The third-order valence-electron chi connectivity index (χ3n) is 5.24. The number of aromatic hydroxyl groups is 1. The van der Waals surface area contributed by atoms with E-state index in [1.54, 1.807) is 41.8 Å². The molecule has 4 nitrogen and oxygen atoms in total. The van der Waals surface area contributed by atoms with Crippen LogP contribution in [0.2, 0.25) is 0 Å². The fraction of sp³-hybridized carbons (Fsp3) is 0.0357. The number of aliphatic hydroxyl groups is 1. The number of phenols is 1. The number of aliphatic hydroxyl groups excluding tert-OH is 1. The molecule has 3 aromatic carbocycles. The monoisotopic (exact) mass is 453 g/mol. The number of pyridine rings is 1. The first-order chi connectivity index (χ1) is 15.9. The maximum absolute atomic E-state index is 13.9. The molecule has 0 saturated heterocycles. The van der Waals surface area contributed by atoms with E-state index < -0.39 is 0 Å². The summed E-state index contributed by atoms with van der Waals surface area (Å²) in [5.41, 5.74) is 2.41. The summed E-state index contributed by atoms with van der Waals surface area (Å²) < 4.78 is 1.61. The van der Waals surface area contributed by atoms with Gasteiger partial charge in [0.2, 0.25) is 0 Å². The average molecular weight is 454 g/mol. The summed E-state index contributed by atoms with van der Waals surface area (Å²) in [6.45, 7) is 9.73. The van der Waals surface area contributed by atoms with Gasteiger partial charge in [-0.15, -0.1) is 0 Å². The molecule has 5 heteroatoms. The summed E-state index contributed by atoms with van der Waals surface area (Å²) in [7, 11) is 0. The fourth-order valence-corrected chi connectivity index (χ4v) is 4.61. The van der Waals surface area contributed by atoms with Crippen LogP contribution in [0.15, 0.2) is 112 Å². The topological polar surface area (TPSA) is 62.5 Å². The number of phenolic OH excluding ortho intramolecular Hbond substituents is 1. The van der Waals surface area contributed by atoms with Crippen LogP contribution < -0.4 is 5.56 Å². The fourth-order valence-electron chi connectivity index (χ4n) is 3.72. The van der Waals surface area contributed by atoms with E-state index in [-0.39, 0.29) is 22.6 Å². The van der Waals surface area contributed by atoms with Crippen molar-refractivity contribution in [3.05, 3.63) is 124 Å². The first-order valence-corrected chi connectivity index (χ1v) is 11.2. The van der Waals surface area contributed by atoms with Gasteiger partial charge in [-0.05, 0) is 60.5 Å². The van der Waals surface area contributed by atoms with Crippen LogP contribution in [0.3, 0.4) is 0 Å². The van der Waals surface area contributed by atoms with Crippen molar-refractivity contribution in [3.63, 3.8) is 0 Å². The zero-order valence-corrected chi connectivity index (χ0v) is 19.0. The lowest BCUT2D eigenvalue weighted by Crippen LogP contribution is -2.24. The molecule has 0 atom stereocenters. The van der Waals surface area contributed by atoms with Crippen LogP contribution in [0.5, 0.6) is 5.75 Å². The van der Waals surface area contributed by atoms with Gasteiger partial charge in [0.1, 0.15) is 11.5 Å². The van der Waals surface area contributed by atoms with Gasteiger partial charge in [0.05, 0.1) is 16.0 Å². The molecule has 0 aliphatic heterocycles. The number of fused-ring (bicyclic) bond motifs is 1. The predicted molar refractivity (Wildman–Crippen MR) is 138 cm³/mol. The van der Waals surface area contributed by atoms with Gasteiger partial charge in [-0.25, -0.2) is 0 Å². The standard InChI is InChI=1S/C28H23NO3S/c1-4-22-23-12-8-9-13-24(23)29(19-10-6-5-7-11-19)28(32)25(22)26(31)27(18(2)3)33-21-16-14-20(30)15-17-21/h4-17,30-31H,1-2H2,3H3/b27-26-. The number of hydrogen-bond donors (Lipinski definition) is 2. The van der Waals surface area contributed by atoms with E-state index in [1.807, 2.05) is 54.6 Å². The summed E-state index contributed by atoms with van der Waals surface area (Å²) in [5.74, 6) is -0.00504. The highest BCUT2D eigenvalue weighted by atomic mass is 32.2. The van der Waals surface area contributed by atoms with Crippen LogP contribution in [-0.4, -0.2) is 14.8 Å². The van der Waals surface area contributed by atoms with Gasteiger partial charge in [0, 0.05) is 16.0 Å². The van der Waals surface area contributed by atoms with Crippen molar-refractivity contribution in [3.8, 4) is 11.4 Å². The lowest BCUT2D eigenvalue weighted by Gasteiger charge is -2.18. The van der Waals surface area contributed by atoms with Gasteiger partial charge < -0.3 is 10.2 Å². The Bertz CT molecular complexity index is 1450. The summed E-state index contributed by atoms with van der Waals surface area (Å²) in [5, 5.41) is 21.9. The van der Waals surface area contributed by atoms with Crippen LogP contribution in [0.25, 0.3) is 28.4 Å². The summed E-state index contributed by atoms with van der Waals surface area (Å²) >= 11 is 1.28. The molecule has 0 fully saturated rings. The highest BCUT2D eigenvalue weighted by Gasteiger charge is 2.22. The van der Waals surface area contributed by atoms with Gasteiger partial charge in [-0.2, -0.15) is 0 Å². The number of aromatic nitrogens is 1. The molecule has 0 amide bonds. The van der Waals surface area contributed by atoms with Crippen LogP contribution in [0.1, 0.15) is 18.1 Å². The van der Waals surface area contributed by atoms with E-state index in [4.69, 9.17) is 0 Å². The summed E-state index contributed by atoms with van der Waals surface area (Å²) in [4.78, 5) is 15.1. The molecule has 0 aliphatic rings. The number of rotatable bonds is 6. The molecule has 0 radical (unpaired) electrons. The molecule has 0 spiro atoms. The van der Waals surface area contributed by atoms with Crippen molar-refractivity contribution >= 4 is 34.5 Å². The van der Waals surface area contributed by atoms with Gasteiger partial charge in [0.15, 0.2) is 0 Å². The van der Waals surface area contributed by atoms with E-state index >= 15 is 0 Å². The Morgan fingerprint density at radius 2 is 1.61 bits per heavy atom. The molecule has 2 N–H and O–H groups in total. The van der Waals surface area contributed by atoms with Crippen molar-refractivity contribution in [1.29, 1.82) is 0 Å². The number of thioether (sulfide) groups is 1. The van der Waals surface area contributed by atoms with Crippen LogP contribution in [-0.2, 0) is 0 Å². The van der Waals surface area contributed by atoms with Crippen molar-refractivity contribution in [2.45, 2.75) is 11.8 Å². The van der Waals surface area contributed by atoms with Crippen LogP contribution in [0, 0.1) is 0 Å². The second-order valence-corrected chi connectivity index (χ2v) is 8.62. The highest BCUT2D eigenvalue weighted by Crippen LogP contribution is 2.38. The number of hydrogen-bond acceptors (Lipinski definition) is 4. The minimum atomic E-state index is -0.350. The minimum Gasteiger partial charge on any atom is -0.508 e. The zero-order chi connectivity index (χ0) is 23.5. The smallest absolute Gasteiger partial charge is 0.267 e. The molecular weight excluding hydrogens is 430 g/mol. The molecule has 164 valence electrons. The lowest BCUT2D eigenvalue weighted by atomic mass is 10.00. The third kappa shape index (κ3) is 4.23. The first-order valence-electron chi connectivity index (χ1n) is 10.3. The van der Waals surface area contributed by atoms with Crippen molar-refractivity contribution < 1.29 is 10.2 Å². The maximum Gasteiger partial charge on any atom is 0.267 e. The molecule has 1 heterocycles. The second kappa shape index (κ2) is 9.27. The van der Waals surface area contributed by atoms with E-state index in [0.717, 1.165) is 15.8 Å². The molecule has 0 bridgehead atoms. The number of allylic oxidation sites excluding steroid dienone is 1. The molecule has 4 aromatic rings. The van der Waals surface area contributed by atoms with Gasteiger partial charge in [-0.1, -0.05) is 67.4 Å². The Hall–Kier alpha value is -3.96. The average Bonchev–Trinajstić information content (AvgIpc) is 2.82. The number of nitrogens with zero attached hydrogens (tertiary/aromatic N) is 1. The Kier molecular flexibility index (Phi) is 6.24. The minimum absolute atomic E-state index is 0.152. The normalized spacial score (nSPS) is 11.8. The molecule has 1 aromatic heterocycles. The van der Waals surface area contributed by atoms with Crippen molar-refractivity contribution in [1.82, 2.24) is 4.57 Å². The Balaban J connectivity index is 2.06. The Morgan fingerprint density at radius 1 is 0.970 bits per heavy atom. The van der Waals surface area contributed by atoms with Gasteiger partial charge in [0.25, 0.3) is 5.56 Å². The van der Waals surface area contributed by atoms with Crippen molar-refractivity contribution in [2.75, 3.05) is 0 Å². The lowest BCUT2D eigenvalue weighted by molar-refractivity contribution is 0.475. The van der Waals surface area contributed by atoms with E-state index in [9.17, 15) is 15.0 Å². The zero-order valence-electron chi connectivity index (χ0n) is 18.2. The summed E-state index contributed by atoms with van der Waals surface area (Å²) in [6.07, 6.45) is 1.60. The third-order valence-corrected chi connectivity index (χ3v) is 6.49. The first kappa shape index (κ1) is 22.2. The van der Waals surface area contributed by atoms with E-state index in [0.29, 0.717) is 21.7 Å². The predicted octanol–water partition coefficient (Wildman–Crippen LogP) is 6.93. The molecule has 0 unspecified atom stereocenters. The molecule has 33 heavy (non-hydrogen) atoms. The largest absolute Gasteiger partial charge is 0.508 e. The van der Waals surface area contributed by atoms with Crippen LogP contribution in [0.4, 0.5) is 0 Å². The second-order valence-electron chi connectivity index (χ2n) is 7.54. The van der Waals surface area contributed by atoms with Gasteiger partial charge in [-0.3, -0.25) is 9.36 Å². The summed E-state index contributed by atoms with van der Waals surface area (Å²) in [6, 6.07) is 23.5. The van der Waals surface area contributed by atoms with Gasteiger partial charge >= 0.3 is 0 Å². The van der Waals surface area contributed by atoms with E-state index in [2.05, 4.69) is 13.2 Å². The SMILES string of the molecule is C=Cc1c(/C(O)=C(/Sc2ccc(O)cc2)C(=C)C)c(=O)n(-c2ccccc2)c2ccccc12. The number of benzene rings is 3. The molecule has 0 saturated carbocycles. The van der Waals surface area contributed by atoms with E-state index in [1.165, 1.54) is 11.8 Å². The van der Waals surface area contributed by atoms with Crippen molar-refractivity contribution in [2.24, 2.45) is 0 Å². The quantitative estimate of drug-likeness (QED) is 0.189. The highest BCUT2D eigenvalue weighted by molar-refractivity contribution is 8.03. The van der Waals surface area contributed by atoms with Crippen LogP contribution >= 0.6 is 11.8 Å². The maximum atomic E-state index is 13.9.